The molecule has 5 rings (SSSR count). The van der Waals surface area contributed by atoms with Gasteiger partial charge in [0.2, 0.25) is 5.91 Å². The molecular formula is C36H38F2N2O5Si. The molecule has 10 heteroatoms. The van der Waals surface area contributed by atoms with Crippen molar-refractivity contribution in [3.05, 3.63) is 131 Å². The molecule has 1 fully saturated rings. The monoisotopic (exact) mass is 644 g/mol. The van der Waals surface area contributed by atoms with Gasteiger partial charge >= 0.3 is 6.09 Å². The molecule has 0 saturated carbocycles. The third-order valence-corrected chi connectivity index (χ3v) is 8.90. The Morgan fingerprint density at radius 2 is 1.48 bits per heavy atom. The van der Waals surface area contributed by atoms with Crippen LogP contribution >= 0.6 is 0 Å². The van der Waals surface area contributed by atoms with E-state index in [9.17, 15) is 23.5 Å². The van der Waals surface area contributed by atoms with Crippen molar-refractivity contribution in [2.75, 3.05) is 11.9 Å². The Labute approximate surface area is 268 Å². The van der Waals surface area contributed by atoms with Gasteiger partial charge in [-0.2, -0.15) is 0 Å². The minimum Gasteiger partial charge on any atom is -0.508 e. The summed E-state index contributed by atoms with van der Waals surface area (Å²) in [5, 5.41) is 13.5. The minimum atomic E-state index is -2.11. The van der Waals surface area contributed by atoms with Crippen LogP contribution in [0.25, 0.3) is 0 Å². The molecule has 0 bridgehead atoms. The van der Waals surface area contributed by atoms with Crippen molar-refractivity contribution < 1.29 is 32.6 Å². The summed E-state index contributed by atoms with van der Waals surface area (Å²) in [7, 11) is -2.11. The Balaban J connectivity index is 1.57. The summed E-state index contributed by atoms with van der Waals surface area (Å²) in [6.07, 6.45) is -0.533. The van der Waals surface area contributed by atoms with Gasteiger partial charge in [0.25, 0.3) is 0 Å². The topological polar surface area (TPSA) is 88.1 Å². The predicted molar refractivity (Wildman–Crippen MR) is 175 cm³/mol. The molecule has 0 aromatic heterocycles. The van der Waals surface area contributed by atoms with Gasteiger partial charge in [0.15, 0.2) is 8.32 Å². The van der Waals surface area contributed by atoms with E-state index < -0.39 is 50.2 Å². The Kier molecular flexibility index (Phi) is 10.2. The summed E-state index contributed by atoms with van der Waals surface area (Å²) >= 11 is 0. The summed E-state index contributed by atoms with van der Waals surface area (Å²) in [5.74, 6) is -2.01. The fourth-order valence-electron chi connectivity index (χ4n) is 5.75. The molecular weight excluding hydrogens is 606 g/mol. The van der Waals surface area contributed by atoms with Crippen molar-refractivity contribution in [2.24, 2.45) is 5.92 Å². The molecule has 240 valence electrons. The lowest BCUT2D eigenvalue weighted by Crippen LogP contribution is -2.42. The summed E-state index contributed by atoms with van der Waals surface area (Å²) < 4.78 is 39.7. The van der Waals surface area contributed by atoms with Crippen LogP contribution in [0.3, 0.4) is 0 Å². The molecule has 0 radical (unpaired) electrons. The summed E-state index contributed by atoms with van der Waals surface area (Å²) in [5.41, 5.74) is 2.79. The lowest BCUT2D eigenvalue weighted by Gasteiger charge is -2.34. The fraction of sp³-hybridized carbons (Fsp3) is 0.278. The van der Waals surface area contributed by atoms with Crippen molar-refractivity contribution in [1.29, 1.82) is 0 Å². The number of hydrogen-bond donors (Lipinski definition) is 2. The number of rotatable bonds is 12. The normalized spacial score (nSPS) is 16.8. The molecule has 1 saturated heterocycles. The van der Waals surface area contributed by atoms with Crippen LogP contribution in [0.15, 0.2) is 103 Å². The molecule has 4 aromatic carbocycles. The predicted octanol–water partition coefficient (Wildman–Crippen LogP) is 8.53. The number of nitrogens with zero attached hydrogens (tertiary/aromatic N) is 1. The van der Waals surface area contributed by atoms with Gasteiger partial charge in [-0.1, -0.05) is 54.6 Å². The molecule has 4 atom stereocenters. The number of benzene rings is 4. The van der Waals surface area contributed by atoms with Crippen LogP contribution in [0.5, 0.6) is 5.75 Å². The van der Waals surface area contributed by atoms with Gasteiger partial charge in [-0.3, -0.25) is 4.79 Å². The Morgan fingerprint density at radius 1 is 0.891 bits per heavy atom. The molecule has 0 aliphatic carbocycles. The number of amides is 2. The van der Waals surface area contributed by atoms with E-state index >= 15 is 0 Å². The second-order valence-corrected chi connectivity index (χ2v) is 16.8. The van der Waals surface area contributed by atoms with E-state index in [4.69, 9.17) is 9.16 Å². The van der Waals surface area contributed by atoms with Crippen molar-refractivity contribution in [2.45, 2.75) is 50.7 Å². The van der Waals surface area contributed by atoms with Crippen molar-refractivity contribution in [3.63, 3.8) is 0 Å². The van der Waals surface area contributed by atoms with E-state index in [1.54, 1.807) is 36.4 Å². The second kappa shape index (κ2) is 14.3. The third kappa shape index (κ3) is 8.18. The molecule has 1 aliphatic heterocycles. The van der Waals surface area contributed by atoms with Gasteiger partial charge in [0.1, 0.15) is 30.0 Å². The maximum atomic E-state index is 14.7. The lowest BCUT2D eigenvalue weighted by molar-refractivity contribution is -0.134. The van der Waals surface area contributed by atoms with Crippen molar-refractivity contribution in [3.8, 4) is 5.75 Å². The minimum absolute atomic E-state index is 0.0213. The van der Waals surface area contributed by atoms with Gasteiger partial charge < -0.3 is 19.6 Å². The van der Waals surface area contributed by atoms with Gasteiger partial charge in [0.05, 0.1) is 18.1 Å². The number of anilines is 1. The number of hydrogen-bond acceptors (Lipinski definition) is 6. The highest BCUT2D eigenvalue weighted by Gasteiger charge is 2.44. The standard InChI is InChI=1S/C36H38F2N2O5Si/c1-46(2,3)45-33(25-9-13-27(37)14-10-25)22-21-31(35(42)40-32(23-44-36(40)43)24-7-5-4-6-8-24)34(26-11-19-30(41)20-12-26)39-29-17-15-28(38)16-18-29/h4-20,31-34,39,41H,21-23H2,1-3H3/t31-,32-,33+,34-/m1/s1. The summed E-state index contributed by atoms with van der Waals surface area (Å²) in [6, 6.07) is 26.4. The number of cyclic esters (lactones) is 1. The largest absolute Gasteiger partial charge is 0.508 e. The number of imide groups is 1. The number of halogens is 2. The highest BCUT2D eigenvalue weighted by molar-refractivity contribution is 6.69. The summed E-state index contributed by atoms with van der Waals surface area (Å²) in [4.78, 5) is 29.1. The molecule has 0 spiro atoms. The third-order valence-electron chi connectivity index (χ3n) is 7.91. The Bertz CT molecular complexity index is 1610. The van der Waals surface area contributed by atoms with E-state index in [-0.39, 0.29) is 24.6 Å². The van der Waals surface area contributed by atoms with Crippen LogP contribution in [0.2, 0.25) is 19.6 Å². The number of phenolic OH excluding ortho intramolecular Hbond substituents is 1. The number of phenols is 1. The zero-order valence-corrected chi connectivity index (χ0v) is 27.0. The van der Waals surface area contributed by atoms with Crippen LogP contribution in [0, 0.1) is 17.6 Å². The van der Waals surface area contributed by atoms with Crippen LogP contribution in [-0.4, -0.2) is 36.9 Å². The van der Waals surface area contributed by atoms with E-state index in [1.807, 2.05) is 30.3 Å². The second-order valence-electron chi connectivity index (χ2n) is 12.4. The van der Waals surface area contributed by atoms with Gasteiger partial charge in [0, 0.05) is 5.69 Å². The number of ether oxygens (including phenoxy) is 1. The zero-order valence-electron chi connectivity index (χ0n) is 26.0. The Morgan fingerprint density at radius 3 is 2.09 bits per heavy atom. The number of carbonyl (C=O) groups is 2. The van der Waals surface area contributed by atoms with Crippen LogP contribution < -0.4 is 5.32 Å². The molecule has 46 heavy (non-hydrogen) atoms. The van der Waals surface area contributed by atoms with Gasteiger partial charge in [-0.15, -0.1) is 0 Å². The molecule has 2 N–H and O–H groups in total. The van der Waals surface area contributed by atoms with Crippen LogP contribution in [-0.2, 0) is 14.0 Å². The van der Waals surface area contributed by atoms with Crippen LogP contribution in [0.1, 0.15) is 47.7 Å². The average molecular weight is 645 g/mol. The molecule has 0 unspecified atom stereocenters. The first-order valence-electron chi connectivity index (χ1n) is 15.3. The lowest BCUT2D eigenvalue weighted by atomic mass is 9.85. The van der Waals surface area contributed by atoms with Crippen molar-refractivity contribution >= 4 is 26.0 Å². The zero-order chi connectivity index (χ0) is 32.8. The first-order chi connectivity index (χ1) is 22.0. The van der Waals surface area contributed by atoms with Crippen LogP contribution in [0.4, 0.5) is 19.3 Å². The summed E-state index contributed by atoms with van der Waals surface area (Å²) in [6.45, 7) is 6.21. The highest BCUT2D eigenvalue weighted by atomic mass is 28.4. The van der Waals surface area contributed by atoms with Gasteiger partial charge in [-0.25, -0.2) is 18.5 Å². The number of aromatic hydroxyl groups is 1. The fourth-order valence-corrected chi connectivity index (χ4v) is 6.86. The maximum Gasteiger partial charge on any atom is 0.417 e. The molecule has 7 nitrogen and oxygen atoms in total. The smallest absolute Gasteiger partial charge is 0.417 e. The van der Waals surface area contributed by atoms with Crippen molar-refractivity contribution in [1.82, 2.24) is 4.90 Å². The first-order valence-corrected chi connectivity index (χ1v) is 18.7. The van der Waals surface area contributed by atoms with Gasteiger partial charge in [-0.05, 0) is 97.7 Å². The van der Waals surface area contributed by atoms with E-state index in [0.29, 0.717) is 17.7 Å². The SMILES string of the molecule is C[Si](C)(C)O[C@@H](CC[C@@H](C(=O)N1C(=O)OC[C@@H]1c1ccccc1)[C@H](Nc1ccc(F)cc1)c1ccc(O)cc1)c1ccc(F)cc1. The first kappa shape index (κ1) is 32.8. The van der Waals surface area contributed by atoms with E-state index in [1.165, 1.54) is 41.3 Å². The Hall–Kier alpha value is -4.54. The molecule has 1 heterocycles. The number of carbonyl (C=O) groups excluding carboxylic acids is 2. The highest BCUT2D eigenvalue weighted by Crippen LogP contribution is 2.39. The quantitative estimate of drug-likeness (QED) is 0.150. The molecule has 1 aliphatic rings. The average Bonchev–Trinajstić information content (AvgIpc) is 3.42. The van der Waals surface area contributed by atoms with E-state index in [0.717, 1.165) is 11.1 Å². The van der Waals surface area contributed by atoms with E-state index in [2.05, 4.69) is 25.0 Å². The number of nitrogens with one attached hydrogen (secondary N) is 1. The maximum absolute atomic E-state index is 14.7. The molecule has 2 amide bonds. The molecule has 4 aromatic rings.